The molecule has 0 atom stereocenters. The van der Waals surface area contributed by atoms with E-state index in [4.69, 9.17) is 0 Å². The molecule has 0 unspecified atom stereocenters. The van der Waals surface area contributed by atoms with E-state index in [-0.39, 0.29) is 0 Å². The second-order valence-corrected chi connectivity index (χ2v) is 8.08. The van der Waals surface area contributed by atoms with Crippen molar-refractivity contribution in [1.82, 2.24) is 9.66 Å². The second kappa shape index (κ2) is 5.02. The summed E-state index contributed by atoms with van der Waals surface area (Å²) in [7, 11) is -6.72. The zero-order chi connectivity index (χ0) is 15.0. The molecule has 2 aliphatic carbocycles. The monoisotopic (exact) mass is 318 g/mol. The summed E-state index contributed by atoms with van der Waals surface area (Å²) >= 11 is 0. The van der Waals surface area contributed by atoms with Crippen LogP contribution in [0.15, 0.2) is 33.5 Å². The number of hydrazone groups is 2. The van der Waals surface area contributed by atoms with Crippen LogP contribution in [0.25, 0.3) is 0 Å². The third-order valence-electron chi connectivity index (χ3n) is 2.55. The Kier molecular flexibility index (Phi) is 3.69. The van der Waals surface area contributed by atoms with Crippen molar-refractivity contribution in [3.8, 4) is 0 Å². The molecule has 0 aliphatic heterocycles. The molecule has 0 aromatic heterocycles. The standard InChI is InChI=1S/C10H14N4O4S2/c1-19(15,16)13-11-9-3-7-5-10(6-8(7)4-9)12-14-20(2,17)18/h3,6,13-14H,4-5H2,1-2H3/b11-9+,12-10-. The molecule has 0 aromatic carbocycles. The molecule has 0 bridgehead atoms. The quantitative estimate of drug-likeness (QED) is 0.677. The Bertz CT molecular complexity index is 691. The van der Waals surface area contributed by atoms with E-state index >= 15 is 0 Å². The van der Waals surface area contributed by atoms with Gasteiger partial charge in [-0.05, 0) is 23.3 Å². The summed E-state index contributed by atoms with van der Waals surface area (Å²) in [5.41, 5.74) is 3.17. The van der Waals surface area contributed by atoms with Gasteiger partial charge in [-0.15, -0.1) is 0 Å². The van der Waals surface area contributed by atoms with Gasteiger partial charge in [-0.25, -0.2) is 26.5 Å². The topological polar surface area (TPSA) is 117 Å². The van der Waals surface area contributed by atoms with Gasteiger partial charge in [-0.2, -0.15) is 10.2 Å². The third kappa shape index (κ3) is 4.17. The number of nitrogens with zero attached hydrogens (tertiary/aromatic N) is 2. The predicted molar refractivity (Wildman–Crippen MR) is 76.2 cm³/mol. The Morgan fingerprint density at radius 2 is 1.20 bits per heavy atom. The summed E-state index contributed by atoms with van der Waals surface area (Å²) in [6, 6.07) is 0. The van der Waals surface area contributed by atoms with E-state index in [1.165, 1.54) is 0 Å². The van der Waals surface area contributed by atoms with Crippen molar-refractivity contribution in [3.05, 3.63) is 23.3 Å². The maximum atomic E-state index is 10.9. The molecule has 0 aromatic rings. The minimum Gasteiger partial charge on any atom is -0.206 e. The van der Waals surface area contributed by atoms with Crippen molar-refractivity contribution in [2.45, 2.75) is 12.8 Å². The van der Waals surface area contributed by atoms with Crippen molar-refractivity contribution in [2.24, 2.45) is 10.2 Å². The Morgan fingerprint density at radius 1 is 0.850 bits per heavy atom. The number of nitrogens with one attached hydrogen (secondary N) is 2. The van der Waals surface area contributed by atoms with E-state index in [0.29, 0.717) is 24.3 Å². The first-order chi connectivity index (χ1) is 9.12. The number of hydrogen-bond donors (Lipinski definition) is 2. The van der Waals surface area contributed by atoms with Gasteiger partial charge < -0.3 is 0 Å². The lowest BCUT2D eigenvalue weighted by atomic mass is 10.2. The van der Waals surface area contributed by atoms with Crippen molar-refractivity contribution < 1.29 is 16.8 Å². The summed E-state index contributed by atoms with van der Waals surface area (Å²) < 4.78 is 43.7. The van der Waals surface area contributed by atoms with E-state index in [2.05, 4.69) is 19.9 Å². The maximum Gasteiger partial charge on any atom is 0.244 e. The smallest absolute Gasteiger partial charge is 0.206 e. The van der Waals surface area contributed by atoms with E-state index in [1.807, 2.05) is 0 Å². The van der Waals surface area contributed by atoms with Gasteiger partial charge >= 0.3 is 0 Å². The highest BCUT2D eigenvalue weighted by atomic mass is 32.2. The average Bonchev–Trinajstić information content (AvgIpc) is 2.78. The molecule has 0 fully saturated rings. The maximum absolute atomic E-state index is 10.9. The van der Waals surface area contributed by atoms with Crippen LogP contribution in [0.2, 0.25) is 0 Å². The number of rotatable bonds is 4. The normalized spacial score (nSPS) is 22.7. The summed E-state index contributed by atoms with van der Waals surface area (Å²) in [6.07, 6.45) is 6.59. The minimum atomic E-state index is -3.36. The zero-order valence-electron chi connectivity index (χ0n) is 10.9. The van der Waals surface area contributed by atoms with Gasteiger partial charge in [0.25, 0.3) is 0 Å². The first-order valence-electron chi connectivity index (χ1n) is 5.60. The largest absolute Gasteiger partial charge is 0.244 e. The van der Waals surface area contributed by atoms with Crippen LogP contribution in [-0.2, 0) is 20.0 Å². The van der Waals surface area contributed by atoms with E-state index in [9.17, 15) is 16.8 Å². The molecule has 110 valence electrons. The summed E-state index contributed by atoms with van der Waals surface area (Å²) in [4.78, 5) is 4.15. The Labute approximate surface area is 117 Å². The lowest BCUT2D eigenvalue weighted by Gasteiger charge is -1.98. The first kappa shape index (κ1) is 14.7. The van der Waals surface area contributed by atoms with Gasteiger partial charge in [-0.3, -0.25) is 0 Å². The summed E-state index contributed by atoms with van der Waals surface area (Å²) in [5, 5.41) is 7.59. The van der Waals surface area contributed by atoms with Gasteiger partial charge in [0, 0.05) is 12.8 Å². The van der Waals surface area contributed by atoms with Crippen LogP contribution in [0.5, 0.6) is 0 Å². The Morgan fingerprint density at radius 3 is 1.50 bits per heavy atom. The molecule has 20 heavy (non-hydrogen) atoms. The van der Waals surface area contributed by atoms with Gasteiger partial charge in [-0.1, -0.05) is 0 Å². The second-order valence-electron chi connectivity index (χ2n) is 4.63. The van der Waals surface area contributed by atoms with Gasteiger partial charge in [0.15, 0.2) is 0 Å². The van der Waals surface area contributed by atoms with E-state index in [1.54, 1.807) is 12.2 Å². The SMILES string of the molecule is CS(=O)(=O)N/N=C1\C=C2C/C(=N/NS(C)(=O)=O)C=C2C1. The van der Waals surface area contributed by atoms with Gasteiger partial charge in [0.1, 0.15) is 0 Å². The molecule has 2 rings (SSSR count). The molecular formula is C10H14N4O4S2. The zero-order valence-corrected chi connectivity index (χ0v) is 12.5. The third-order valence-corrected chi connectivity index (χ3v) is 3.39. The van der Waals surface area contributed by atoms with Crippen molar-refractivity contribution in [2.75, 3.05) is 12.5 Å². The lowest BCUT2D eigenvalue weighted by Crippen LogP contribution is -2.17. The minimum absolute atomic E-state index is 0.496. The molecule has 2 N–H and O–H groups in total. The van der Waals surface area contributed by atoms with Crippen LogP contribution in [0.1, 0.15) is 12.8 Å². The van der Waals surface area contributed by atoms with Crippen LogP contribution >= 0.6 is 0 Å². The number of fused-ring (bicyclic) bond motifs is 1. The van der Waals surface area contributed by atoms with Crippen molar-refractivity contribution >= 4 is 31.5 Å². The molecule has 0 saturated heterocycles. The fraction of sp³-hybridized carbons (Fsp3) is 0.400. The number of sulfonamides is 2. The highest BCUT2D eigenvalue weighted by Crippen LogP contribution is 2.31. The van der Waals surface area contributed by atoms with Crippen molar-refractivity contribution in [3.63, 3.8) is 0 Å². The van der Waals surface area contributed by atoms with Crippen LogP contribution in [0.3, 0.4) is 0 Å². The Balaban J connectivity index is 2.06. The van der Waals surface area contributed by atoms with Gasteiger partial charge in [0.2, 0.25) is 20.0 Å². The number of hydrogen-bond acceptors (Lipinski definition) is 6. The molecular weight excluding hydrogens is 304 g/mol. The average molecular weight is 318 g/mol. The molecule has 0 spiro atoms. The van der Waals surface area contributed by atoms with E-state index < -0.39 is 20.0 Å². The van der Waals surface area contributed by atoms with Gasteiger partial charge in [0.05, 0.1) is 23.9 Å². The first-order valence-corrected chi connectivity index (χ1v) is 9.39. The van der Waals surface area contributed by atoms with Crippen molar-refractivity contribution in [1.29, 1.82) is 0 Å². The van der Waals surface area contributed by atoms with Crippen LogP contribution in [0, 0.1) is 0 Å². The molecule has 0 saturated carbocycles. The van der Waals surface area contributed by atoms with Crippen LogP contribution < -0.4 is 9.66 Å². The molecule has 0 amide bonds. The molecule has 0 radical (unpaired) electrons. The molecule has 2 aliphatic rings. The van der Waals surface area contributed by atoms with E-state index in [0.717, 1.165) is 23.7 Å². The number of allylic oxidation sites excluding steroid dienone is 4. The molecule has 10 heteroatoms. The highest BCUT2D eigenvalue weighted by molar-refractivity contribution is 7.88. The molecule has 8 nitrogen and oxygen atoms in total. The Hall–Kier alpha value is -1.68. The lowest BCUT2D eigenvalue weighted by molar-refractivity contribution is 0.589. The summed E-state index contributed by atoms with van der Waals surface area (Å²) in [5.74, 6) is 0. The fourth-order valence-corrected chi connectivity index (χ4v) is 2.40. The predicted octanol–water partition coefficient (Wildman–Crippen LogP) is -0.543. The summed E-state index contributed by atoms with van der Waals surface area (Å²) in [6.45, 7) is 0. The molecule has 0 heterocycles. The highest BCUT2D eigenvalue weighted by Gasteiger charge is 2.24. The van der Waals surface area contributed by atoms with Crippen LogP contribution in [0.4, 0.5) is 0 Å². The van der Waals surface area contributed by atoms with Crippen LogP contribution in [-0.4, -0.2) is 40.8 Å². The fourth-order valence-electron chi connectivity index (χ4n) is 1.84.